The van der Waals surface area contributed by atoms with E-state index in [2.05, 4.69) is 10.1 Å². The van der Waals surface area contributed by atoms with Crippen molar-refractivity contribution in [2.45, 2.75) is 6.61 Å². The zero-order chi connectivity index (χ0) is 17.4. The number of anilines is 1. The molecule has 24 heavy (non-hydrogen) atoms. The van der Waals surface area contributed by atoms with Crippen molar-refractivity contribution >= 4 is 35.0 Å². The lowest BCUT2D eigenvalue weighted by Crippen LogP contribution is -2.20. The molecule has 126 valence electrons. The molecular weight excluding hydrogens is 340 g/mol. The topological polar surface area (TPSA) is 64.6 Å². The summed E-state index contributed by atoms with van der Waals surface area (Å²) in [6.45, 7) is -3.37. The van der Waals surface area contributed by atoms with Gasteiger partial charge in [-0.15, -0.1) is 0 Å². The molecular formula is C16H13F2NO4S. The maximum atomic E-state index is 12.0. The first-order valence-electron chi connectivity index (χ1n) is 6.75. The van der Waals surface area contributed by atoms with Gasteiger partial charge in [0, 0.05) is 11.8 Å². The number of rotatable bonds is 7. The molecule has 0 aliphatic rings. The highest BCUT2D eigenvalue weighted by molar-refractivity contribution is 7.08. The van der Waals surface area contributed by atoms with E-state index in [9.17, 15) is 18.4 Å². The van der Waals surface area contributed by atoms with Crippen molar-refractivity contribution in [2.24, 2.45) is 0 Å². The van der Waals surface area contributed by atoms with E-state index in [1.54, 1.807) is 6.08 Å². The van der Waals surface area contributed by atoms with Crippen LogP contribution in [-0.4, -0.2) is 25.1 Å². The van der Waals surface area contributed by atoms with E-state index in [-0.39, 0.29) is 5.75 Å². The van der Waals surface area contributed by atoms with E-state index in [0.717, 1.165) is 5.56 Å². The van der Waals surface area contributed by atoms with Crippen LogP contribution in [0.5, 0.6) is 5.75 Å². The second-order valence-corrected chi connectivity index (χ2v) is 5.23. The van der Waals surface area contributed by atoms with Crippen LogP contribution in [0.1, 0.15) is 5.56 Å². The monoisotopic (exact) mass is 353 g/mol. The Hall–Kier alpha value is -2.74. The molecule has 0 unspecified atom stereocenters. The molecule has 0 fully saturated rings. The number of carbonyl (C=O) groups excluding carboxylic acids is 2. The van der Waals surface area contributed by atoms with Crippen LogP contribution in [0.25, 0.3) is 6.08 Å². The molecule has 1 aromatic carbocycles. The van der Waals surface area contributed by atoms with Gasteiger partial charge in [0.15, 0.2) is 6.61 Å². The Bertz CT molecular complexity index is 699. The molecule has 5 nitrogen and oxygen atoms in total. The van der Waals surface area contributed by atoms with Crippen molar-refractivity contribution in [3.8, 4) is 5.75 Å². The molecule has 0 atom stereocenters. The van der Waals surface area contributed by atoms with E-state index in [4.69, 9.17) is 4.74 Å². The summed E-state index contributed by atoms with van der Waals surface area (Å²) in [5.41, 5.74) is 1.24. The summed E-state index contributed by atoms with van der Waals surface area (Å²) in [5, 5.41) is 6.20. The van der Waals surface area contributed by atoms with Gasteiger partial charge in [0.1, 0.15) is 5.75 Å². The molecule has 0 aliphatic carbocycles. The molecule has 8 heteroatoms. The largest absolute Gasteiger partial charge is 0.452 e. The first kappa shape index (κ1) is 17.6. The van der Waals surface area contributed by atoms with Crippen molar-refractivity contribution < 1.29 is 27.8 Å². The molecule has 0 bridgehead atoms. The zero-order valence-electron chi connectivity index (χ0n) is 12.3. The summed E-state index contributed by atoms with van der Waals surface area (Å²) >= 11 is 1.50. The number of hydrogen-bond acceptors (Lipinski definition) is 5. The van der Waals surface area contributed by atoms with Crippen LogP contribution < -0.4 is 10.1 Å². The van der Waals surface area contributed by atoms with Crippen molar-refractivity contribution in [1.82, 2.24) is 0 Å². The van der Waals surface area contributed by atoms with Gasteiger partial charge in [-0.2, -0.15) is 20.1 Å². The van der Waals surface area contributed by atoms with Gasteiger partial charge >= 0.3 is 12.6 Å². The number of benzene rings is 1. The Labute approximate surface area is 140 Å². The van der Waals surface area contributed by atoms with E-state index in [1.807, 2.05) is 16.8 Å². The maximum Gasteiger partial charge on any atom is 0.387 e. The summed E-state index contributed by atoms with van der Waals surface area (Å²) < 4.78 is 33.0. The van der Waals surface area contributed by atoms with Gasteiger partial charge in [0.25, 0.3) is 5.91 Å². The molecule has 1 aromatic heterocycles. The average molecular weight is 353 g/mol. The molecule has 0 saturated heterocycles. The maximum absolute atomic E-state index is 12.0. The molecule has 2 rings (SSSR count). The van der Waals surface area contributed by atoms with Crippen LogP contribution in [0.4, 0.5) is 14.5 Å². The molecule has 0 saturated carbocycles. The lowest BCUT2D eigenvalue weighted by Gasteiger charge is -2.07. The smallest absolute Gasteiger partial charge is 0.387 e. The average Bonchev–Trinajstić information content (AvgIpc) is 3.06. The Morgan fingerprint density at radius 2 is 1.96 bits per heavy atom. The second kappa shape index (κ2) is 8.78. The number of esters is 1. The minimum atomic E-state index is -2.91. The van der Waals surface area contributed by atoms with Gasteiger partial charge in [-0.1, -0.05) is 0 Å². The normalized spacial score (nSPS) is 10.8. The number of thiophene rings is 1. The number of halogens is 2. The van der Waals surface area contributed by atoms with Gasteiger partial charge in [0.05, 0.1) is 0 Å². The van der Waals surface area contributed by atoms with Crippen molar-refractivity contribution in [2.75, 3.05) is 11.9 Å². The fraction of sp³-hybridized carbons (Fsp3) is 0.125. The Balaban J connectivity index is 1.75. The number of hydrogen-bond donors (Lipinski definition) is 1. The van der Waals surface area contributed by atoms with Crippen molar-refractivity contribution in [1.29, 1.82) is 0 Å². The van der Waals surface area contributed by atoms with E-state index >= 15 is 0 Å². The van der Waals surface area contributed by atoms with Crippen molar-refractivity contribution in [3.63, 3.8) is 0 Å². The number of amides is 1. The fourth-order valence-electron chi connectivity index (χ4n) is 1.64. The van der Waals surface area contributed by atoms with Gasteiger partial charge in [0.2, 0.25) is 0 Å². The Kier molecular flexibility index (Phi) is 6.44. The number of nitrogens with one attached hydrogen (secondary N) is 1. The highest BCUT2D eigenvalue weighted by Crippen LogP contribution is 2.17. The first-order valence-corrected chi connectivity index (χ1v) is 7.69. The number of carbonyl (C=O) groups is 2. The summed E-state index contributed by atoms with van der Waals surface area (Å²) in [6, 6.07) is 7.21. The molecule has 2 aromatic rings. The number of ether oxygens (including phenoxy) is 2. The van der Waals surface area contributed by atoms with Gasteiger partial charge in [-0.05, 0) is 52.7 Å². The lowest BCUT2D eigenvalue weighted by molar-refractivity contribution is -0.142. The molecule has 1 N–H and O–H groups in total. The fourth-order valence-corrected chi connectivity index (χ4v) is 2.26. The Morgan fingerprint density at radius 1 is 1.21 bits per heavy atom. The summed E-state index contributed by atoms with van der Waals surface area (Å²) in [6.07, 6.45) is 2.81. The Morgan fingerprint density at radius 3 is 2.58 bits per heavy atom. The minimum Gasteiger partial charge on any atom is -0.452 e. The molecule has 0 radical (unpaired) electrons. The van der Waals surface area contributed by atoms with Crippen LogP contribution >= 0.6 is 11.3 Å². The van der Waals surface area contributed by atoms with Crippen LogP contribution in [0.15, 0.2) is 47.2 Å². The summed E-state index contributed by atoms with van der Waals surface area (Å²) in [7, 11) is 0. The summed E-state index contributed by atoms with van der Waals surface area (Å²) in [5.74, 6) is -1.21. The van der Waals surface area contributed by atoms with E-state index < -0.39 is 25.1 Å². The lowest BCUT2D eigenvalue weighted by atomic mass is 10.3. The van der Waals surface area contributed by atoms with Crippen LogP contribution in [0.2, 0.25) is 0 Å². The van der Waals surface area contributed by atoms with Gasteiger partial charge < -0.3 is 14.8 Å². The molecule has 0 aliphatic heterocycles. The highest BCUT2D eigenvalue weighted by atomic mass is 32.1. The van der Waals surface area contributed by atoms with Crippen LogP contribution in [0.3, 0.4) is 0 Å². The second-order valence-electron chi connectivity index (χ2n) is 4.45. The highest BCUT2D eigenvalue weighted by Gasteiger charge is 2.07. The predicted molar refractivity (Wildman–Crippen MR) is 86.0 cm³/mol. The standard InChI is InChI=1S/C16H13F2NO4S/c17-16(18)23-13-4-2-12(3-5-13)19-14(20)9-22-15(21)6-1-11-7-8-24-10-11/h1-8,10,16H,9H2,(H,19,20)/b6-1+. The van der Waals surface area contributed by atoms with Gasteiger partial charge in [-0.25, -0.2) is 4.79 Å². The van der Waals surface area contributed by atoms with Crippen molar-refractivity contribution in [3.05, 3.63) is 52.7 Å². The van der Waals surface area contributed by atoms with Crippen LogP contribution in [0, 0.1) is 0 Å². The molecule has 1 heterocycles. The van der Waals surface area contributed by atoms with Gasteiger partial charge in [-0.3, -0.25) is 4.79 Å². The van der Waals surface area contributed by atoms with E-state index in [1.165, 1.54) is 41.7 Å². The minimum absolute atomic E-state index is 0.0204. The SMILES string of the molecule is O=C(COC(=O)/C=C/c1ccsc1)Nc1ccc(OC(F)F)cc1. The third kappa shape index (κ3) is 6.17. The van der Waals surface area contributed by atoms with Crippen LogP contribution in [-0.2, 0) is 14.3 Å². The predicted octanol–water partition coefficient (Wildman–Crippen LogP) is 3.54. The third-order valence-electron chi connectivity index (χ3n) is 2.66. The number of alkyl halides is 2. The summed E-state index contributed by atoms with van der Waals surface area (Å²) in [4.78, 5) is 23.1. The molecule has 1 amide bonds. The molecule has 0 spiro atoms. The third-order valence-corrected chi connectivity index (χ3v) is 3.37. The first-order chi connectivity index (χ1) is 11.5. The van der Waals surface area contributed by atoms with E-state index in [0.29, 0.717) is 5.69 Å². The zero-order valence-corrected chi connectivity index (χ0v) is 13.1. The quantitative estimate of drug-likeness (QED) is 0.611.